The van der Waals surface area contributed by atoms with E-state index in [0.717, 1.165) is 0 Å². The van der Waals surface area contributed by atoms with E-state index in [9.17, 15) is 0 Å². The number of hydrogen-bond acceptors (Lipinski definition) is 1. The molecule has 0 radical (unpaired) electrons. The third-order valence-corrected chi connectivity index (χ3v) is 2.99. The maximum absolute atomic E-state index is 9.09. The molecule has 0 saturated carbocycles. The van der Waals surface area contributed by atoms with Crippen LogP contribution in [-0.4, -0.2) is 16.6 Å². The number of rotatable bonds is 2. The lowest BCUT2D eigenvalue weighted by molar-refractivity contribution is 0.266. The van der Waals surface area contributed by atoms with Gasteiger partial charge in [0.2, 0.25) is 0 Å². The van der Waals surface area contributed by atoms with E-state index in [1.54, 1.807) is 0 Å². The van der Waals surface area contributed by atoms with Crippen molar-refractivity contribution in [2.45, 2.75) is 11.3 Å². The smallest absolute Gasteiger partial charge is 0.0893 e. The highest BCUT2D eigenvalue weighted by Crippen LogP contribution is 2.30. The highest BCUT2D eigenvalue weighted by Gasteiger charge is 2.24. The van der Waals surface area contributed by atoms with E-state index >= 15 is 0 Å². The van der Waals surface area contributed by atoms with Crippen LogP contribution in [0.25, 0.3) is 5.57 Å². The number of benzene rings is 1. The van der Waals surface area contributed by atoms with Crippen LogP contribution in [0.15, 0.2) is 48.6 Å². The average Bonchev–Trinajstić information content (AvgIpc) is 2.31. The predicted octanol–water partition coefficient (Wildman–Crippen LogP) is 3.00. The molecule has 0 aliphatic heterocycles. The summed E-state index contributed by atoms with van der Waals surface area (Å²) in [5.41, 5.74) is 2.35. The molecule has 0 bridgehead atoms. The number of allylic oxidation sites excluding steroid dienone is 3. The van der Waals surface area contributed by atoms with Crippen molar-refractivity contribution in [3.63, 3.8) is 0 Å². The molecule has 15 heavy (non-hydrogen) atoms. The van der Waals surface area contributed by atoms with Crippen molar-refractivity contribution in [2.24, 2.45) is 0 Å². The average molecular weight is 221 g/mol. The van der Waals surface area contributed by atoms with Gasteiger partial charge in [-0.25, -0.2) is 0 Å². The second-order valence-corrected chi connectivity index (χ2v) is 4.51. The predicted molar refractivity (Wildman–Crippen MR) is 63.8 cm³/mol. The molecule has 0 fully saturated rings. The van der Waals surface area contributed by atoms with Crippen LogP contribution in [0.4, 0.5) is 0 Å². The minimum atomic E-state index is -0.599. The van der Waals surface area contributed by atoms with E-state index < -0.39 is 4.87 Å². The maximum atomic E-state index is 9.09. The van der Waals surface area contributed by atoms with Crippen LogP contribution in [0.5, 0.6) is 0 Å². The van der Waals surface area contributed by atoms with Gasteiger partial charge in [0.15, 0.2) is 0 Å². The van der Waals surface area contributed by atoms with Crippen molar-refractivity contribution >= 4 is 17.2 Å². The van der Waals surface area contributed by atoms with Gasteiger partial charge in [0.25, 0.3) is 0 Å². The Morgan fingerprint density at radius 2 is 2.00 bits per heavy atom. The van der Waals surface area contributed by atoms with Crippen LogP contribution >= 0.6 is 11.6 Å². The molecule has 0 heterocycles. The molecule has 0 saturated heterocycles. The van der Waals surface area contributed by atoms with Crippen LogP contribution in [0.1, 0.15) is 12.0 Å². The second kappa shape index (κ2) is 4.21. The Morgan fingerprint density at radius 1 is 1.27 bits per heavy atom. The highest BCUT2D eigenvalue weighted by molar-refractivity contribution is 6.25. The molecule has 1 nitrogen and oxygen atoms in total. The number of halogens is 1. The molecule has 1 aromatic carbocycles. The molecule has 2 heteroatoms. The summed E-state index contributed by atoms with van der Waals surface area (Å²) in [5, 5.41) is 9.09. The lowest BCUT2D eigenvalue weighted by Crippen LogP contribution is -2.24. The molecule has 1 N–H and O–H groups in total. The molecule has 0 aromatic heterocycles. The molecule has 1 aliphatic rings. The van der Waals surface area contributed by atoms with E-state index in [1.165, 1.54) is 11.1 Å². The monoisotopic (exact) mass is 220 g/mol. The molecule has 78 valence electrons. The van der Waals surface area contributed by atoms with Crippen molar-refractivity contribution in [1.82, 2.24) is 0 Å². The Bertz CT molecular complexity index is 394. The molecular formula is C13H13ClO. The van der Waals surface area contributed by atoms with Crippen molar-refractivity contribution in [3.8, 4) is 0 Å². The molecule has 1 aliphatic carbocycles. The van der Waals surface area contributed by atoms with Crippen molar-refractivity contribution < 1.29 is 5.11 Å². The van der Waals surface area contributed by atoms with Gasteiger partial charge in [0, 0.05) is 0 Å². The number of hydrogen-bond donors (Lipinski definition) is 1. The summed E-state index contributed by atoms with van der Waals surface area (Å²) in [7, 11) is 0. The summed E-state index contributed by atoms with van der Waals surface area (Å²) < 4.78 is 0. The Hall–Kier alpha value is -1.05. The molecule has 2 rings (SSSR count). The van der Waals surface area contributed by atoms with Gasteiger partial charge in [0.05, 0.1) is 11.5 Å². The van der Waals surface area contributed by atoms with Gasteiger partial charge in [-0.15, -0.1) is 11.6 Å². The summed E-state index contributed by atoms with van der Waals surface area (Å²) in [5.74, 6) is 0. The van der Waals surface area contributed by atoms with E-state index in [0.29, 0.717) is 6.42 Å². The van der Waals surface area contributed by atoms with E-state index in [1.807, 2.05) is 30.4 Å². The van der Waals surface area contributed by atoms with Gasteiger partial charge in [-0.05, 0) is 17.6 Å². The topological polar surface area (TPSA) is 20.2 Å². The van der Waals surface area contributed by atoms with Gasteiger partial charge < -0.3 is 5.11 Å². The van der Waals surface area contributed by atoms with Crippen molar-refractivity contribution in [2.75, 3.05) is 6.61 Å². The fourth-order valence-electron chi connectivity index (χ4n) is 1.62. The Labute approximate surface area is 94.7 Å². The summed E-state index contributed by atoms with van der Waals surface area (Å²) in [6.07, 6.45) is 6.59. The van der Waals surface area contributed by atoms with Gasteiger partial charge >= 0.3 is 0 Å². The summed E-state index contributed by atoms with van der Waals surface area (Å²) >= 11 is 6.13. The molecule has 1 aromatic rings. The maximum Gasteiger partial charge on any atom is 0.0893 e. The van der Waals surface area contributed by atoms with E-state index in [-0.39, 0.29) is 6.61 Å². The molecular weight excluding hydrogens is 208 g/mol. The fraction of sp³-hybridized carbons (Fsp3) is 0.231. The lowest BCUT2D eigenvalue weighted by Gasteiger charge is -2.22. The van der Waals surface area contributed by atoms with Crippen LogP contribution in [0.2, 0.25) is 0 Å². The summed E-state index contributed by atoms with van der Waals surface area (Å²) in [6, 6.07) is 10.2. The third-order valence-electron chi connectivity index (χ3n) is 2.59. The van der Waals surface area contributed by atoms with Gasteiger partial charge in [-0.1, -0.05) is 48.6 Å². The number of aliphatic hydroxyl groups excluding tert-OH is 1. The zero-order chi connectivity index (χ0) is 10.7. The fourth-order valence-corrected chi connectivity index (χ4v) is 1.76. The number of alkyl halides is 1. The lowest BCUT2D eigenvalue weighted by atomic mass is 9.93. The third kappa shape index (κ3) is 2.31. The van der Waals surface area contributed by atoms with E-state index in [4.69, 9.17) is 16.7 Å². The first-order valence-corrected chi connectivity index (χ1v) is 5.36. The Balaban J connectivity index is 2.20. The normalized spacial score (nSPS) is 25.1. The highest BCUT2D eigenvalue weighted by atomic mass is 35.5. The molecule has 0 amide bonds. The zero-order valence-electron chi connectivity index (χ0n) is 8.36. The van der Waals surface area contributed by atoms with Crippen molar-refractivity contribution in [3.05, 3.63) is 54.1 Å². The first kappa shape index (κ1) is 10.5. The first-order valence-electron chi connectivity index (χ1n) is 4.98. The van der Waals surface area contributed by atoms with Gasteiger partial charge in [-0.2, -0.15) is 0 Å². The Kier molecular flexibility index (Phi) is 2.94. The second-order valence-electron chi connectivity index (χ2n) is 3.76. The van der Waals surface area contributed by atoms with Gasteiger partial charge in [-0.3, -0.25) is 0 Å². The summed E-state index contributed by atoms with van der Waals surface area (Å²) in [6.45, 7) is -0.0242. The minimum absolute atomic E-state index is 0.0242. The minimum Gasteiger partial charge on any atom is -0.394 e. The largest absolute Gasteiger partial charge is 0.394 e. The molecule has 1 unspecified atom stereocenters. The molecule has 0 spiro atoms. The van der Waals surface area contributed by atoms with Gasteiger partial charge in [0.1, 0.15) is 0 Å². The van der Waals surface area contributed by atoms with E-state index in [2.05, 4.69) is 18.2 Å². The van der Waals surface area contributed by atoms with Crippen LogP contribution in [0, 0.1) is 0 Å². The quantitative estimate of drug-likeness (QED) is 0.760. The first-order chi connectivity index (χ1) is 7.23. The Morgan fingerprint density at radius 3 is 2.53 bits per heavy atom. The zero-order valence-corrected chi connectivity index (χ0v) is 9.11. The number of aliphatic hydroxyl groups is 1. The van der Waals surface area contributed by atoms with Crippen LogP contribution in [-0.2, 0) is 0 Å². The van der Waals surface area contributed by atoms with Crippen LogP contribution < -0.4 is 0 Å². The van der Waals surface area contributed by atoms with Crippen molar-refractivity contribution in [1.29, 1.82) is 0 Å². The molecule has 1 atom stereocenters. The van der Waals surface area contributed by atoms with Crippen LogP contribution in [0.3, 0.4) is 0 Å². The SMILES string of the molecule is OCC1(Cl)C=CC(c2ccccc2)=CC1. The standard InChI is InChI=1S/C13H13ClO/c14-13(10-15)8-6-12(7-9-13)11-4-2-1-3-5-11/h1-8,15H,9-10H2. The summed E-state index contributed by atoms with van der Waals surface area (Å²) in [4.78, 5) is -0.599.